The Kier molecular flexibility index (Phi) is 7.31. The molecule has 0 saturated carbocycles. The van der Waals surface area contributed by atoms with Crippen molar-refractivity contribution in [1.29, 1.82) is 0 Å². The number of likely N-dealkylation sites (tertiary alicyclic amines) is 1. The Bertz CT molecular complexity index is 1280. The molecule has 36 heavy (non-hydrogen) atoms. The third-order valence-corrected chi connectivity index (χ3v) is 6.67. The van der Waals surface area contributed by atoms with Gasteiger partial charge in [-0.1, -0.05) is 83.7 Å². The first-order valence-corrected chi connectivity index (χ1v) is 12.6. The van der Waals surface area contributed by atoms with E-state index >= 15 is 0 Å². The number of piperidine rings is 1. The predicted octanol–water partition coefficient (Wildman–Crippen LogP) is 6.18. The molecule has 6 heteroatoms. The largest absolute Gasteiger partial charge is 0.450 e. The zero-order valence-electron chi connectivity index (χ0n) is 20.5. The van der Waals surface area contributed by atoms with Crippen LogP contribution in [0.3, 0.4) is 0 Å². The van der Waals surface area contributed by atoms with Crippen molar-refractivity contribution in [2.45, 2.75) is 32.3 Å². The van der Waals surface area contributed by atoms with E-state index in [9.17, 15) is 4.79 Å². The Labute approximate surface area is 212 Å². The minimum Gasteiger partial charge on any atom is -0.450 e. The minimum absolute atomic E-state index is 0.228. The molecule has 1 aromatic heterocycles. The standard InChI is InChI=1S/C30H31N3O3/c1-2-35-30(34)32-18-16-25(17-19-32)28-21-31-33(36-22-23-10-5-3-6-11-23)29(28)27-15-9-14-26(20-27)24-12-7-4-8-13-24/h3-15,20-21,25H,2,16-19,22H2,1H3. The molecule has 1 amide bonds. The smallest absolute Gasteiger partial charge is 0.409 e. The molecule has 0 unspecified atom stereocenters. The highest BCUT2D eigenvalue weighted by Crippen LogP contribution is 2.36. The lowest BCUT2D eigenvalue weighted by molar-refractivity contribution is 0.0733. The van der Waals surface area contributed by atoms with E-state index in [1.165, 1.54) is 5.56 Å². The van der Waals surface area contributed by atoms with Crippen LogP contribution in [0.1, 0.15) is 36.8 Å². The summed E-state index contributed by atoms with van der Waals surface area (Å²) in [5.41, 5.74) is 6.58. The molecule has 6 nitrogen and oxygen atoms in total. The second-order valence-corrected chi connectivity index (χ2v) is 8.99. The molecule has 0 aliphatic carbocycles. The Morgan fingerprint density at radius 1 is 0.889 bits per heavy atom. The van der Waals surface area contributed by atoms with Crippen molar-refractivity contribution in [1.82, 2.24) is 14.8 Å². The van der Waals surface area contributed by atoms with Crippen LogP contribution in [0.2, 0.25) is 0 Å². The van der Waals surface area contributed by atoms with E-state index in [1.54, 1.807) is 9.75 Å². The summed E-state index contributed by atoms with van der Waals surface area (Å²) < 4.78 is 5.20. The summed E-state index contributed by atoms with van der Waals surface area (Å²) in [6.45, 7) is 4.00. The predicted molar refractivity (Wildman–Crippen MR) is 140 cm³/mol. The van der Waals surface area contributed by atoms with Crippen molar-refractivity contribution in [2.75, 3.05) is 19.7 Å². The van der Waals surface area contributed by atoms with Crippen LogP contribution in [0.25, 0.3) is 22.4 Å². The second kappa shape index (κ2) is 11.1. The van der Waals surface area contributed by atoms with Crippen molar-refractivity contribution >= 4 is 6.09 Å². The van der Waals surface area contributed by atoms with Gasteiger partial charge in [0.05, 0.1) is 12.8 Å². The molecule has 0 atom stereocenters. The van der Waals surface area contributed by atoms with E-state index in [4.69, 9.17) is 9.57 Å². The van der Waals surface area contributed by atoms with Crippen LogP contribution in [-0.4, -0.2) is 40.6 Å². The molecule has 1 aliphatic heterocycles. The molecule has 184 valence electrons. The van der Waals surface area contributed by atoms with Gasteiger partial charge in [0, 0.05) is 24.2 Å². The van der Waals surface area contributed by atoms with Gasteiger partial charge < -0.3 is 14.5 Å². The maximum Gasteiger partial charge on any atom is 0.409 e. The molecule has 0 N–H and O–H groups in total. The van der Waals surface area contributed by atoms with E-state index < -0.39 is 0 Å². The number of benzene rings is 3. The highest BCUT2D eigenvalue weighted by Gasteiger charge is 2.29. The number of hydrogen-bond donors (Lipinski definition) is 0. The van der Waals surface area contributed by atoms with Crippen LogP contribution in [-0.2, 0) is 11.3 Å². The fraction of sp³-hybridized carbons (Fsp3) is 0.267. The van der Waals surface area contributed by atoms with Gasteiger partial charge in [0.25, 0.3) is 0 Å². The minimum atomic E-state index is -0.228. The summed E-state index contributed by atoms with van der Waals surface area (Å²) in [7, 11) is 0. The van der Waals surface area contributed by atoms with Crippen molar-refractivity contribution in [3.05, 3.63) is 102 Å². The van der Waals surface area contributed by atoms with Crippen LogP contribution < -0.4 is 4.84 Å². The molecule has 1 saturated heterocycles. The lowest BCUT2D eigenvalue weighted by atomic mass is 9.88. The normalized spacial score (nSPS) is 14.0. The average molecular weight is 482 g/mol. The van der Waals surface area contributed by atoms with Gasteiger partial charge in [-0.05, 0) is 48.4 Å². The van der Waals surface area contributed by atoms with Gasteiger partial charge >= 0.3 is 6.09 Å². The molecule has 0 radical (unpaired) electrons. The van der Waals surface area contributed by atoms with Gasteiger partial charge in [-0.3, -0.25) is 0 Å². The van der Waals surface area contributed by atoms with Gasteiger partial charge in [-0.15, -0.1) is 5.10 Å². The first-order chi connectivity index (χ1) is 17.7. The highest BCUT2D eigenvalue weighted by molar-refractivity contribution is 5.73. The van der Waals surface area contributed by atoms with Crippen LogP contribution in [0, 0.1) is 0 Å². The lowest BCUT2D eigenvalue weighted by Gasteiger charge is -2.31. The summed E-state index contributed by atoms with van der Waals surface area (Å²) in [5, 5.41) is 4.66. The molecule has 2 heterocycles. The van der Waals surface area contributed by atoms with E-state index in [1.807, 2.05) is 49.5 Å². The van der Waals surface area contributed by atoms with Gasteiger partial charge in [0.15, 0.2) is 0 Å². The van der Waals surface area contributed by atoms with Crippen LogP contribution in [0.5, 0.6) is 0 Å². The second-order valence-electron chi connectivity index (χ2n) is 8.99. The van der Waals surface area contributed by atoms with Crippen molar-refractivity contribution in [3.63, 3.8) is 0 Å². The fourth-order valence-corrected chi connectivity index (χ4v) is 4.79. The molecule has 1 aliphatic rings. The quantitative estimate of drug-likeness (QED) is 0.316. The number of amides is 1. The molecule has 3 aromatic carbocycles. The molecular weight excluding hydrogens is 450 g/mol. The van der Waals surface area contributed by atoms with E-state index in [0.717, 1.165) is 40.8 Å². The fourth-order valence-electron chi connectivity index (χ4n) is 4.79. The first kappa shape index (κ1) is 23.7. The van der Waals surface area contributed by atoms with E-state index in [0.29, 0.717) is 26.3 Å². The van der Waals surface area contributed by atoms with Crippen molar-refractivity contribution in [3.8, 4) is 22.4 Å². The van der Waals surface area contributed by atoms with Gasteiger partial charge in [-0.25, -0.2) is 4.79 Å². The maximum absolute atomic E-state index is 12.2. The molecule has 0 bridgehead atoms. The van der Waals surface area contributed by atoms with Crippen molar-refractivity contribution < 1.29 is 14.4 Å². The average Bonchev–Trinajstić information content (AvgIpc) is 3.37. The molecule has 1 fully saturated rings. The number of nitrogens with zero attached hydrogens (tertiary/aromatic N) is 3. The van der Waals surface area contributed by atoms with Gasteiger partial charge in [-0.2, -0.15) is 0 Å². The number of carbonyl (C=O) groups excluding carboxylic acids is 1. The third kappa shape index (κ3) is 5.28. The highest BCUT2D eigenvalue weighted by atomic mass is 16.7. The SMILES string of the molecule is CCOC(=O)N1CCC(c2cnn(OCc3ccccc3)c2-c2cccc(-c3ccccc3)c2)CC1. The topological polar surface area (TPSA) is 56.6 Å². The van der Waals surface area contributed by atoms with Gasteiger partial charge in [0.2, 0.25) is 0 Å². The monoisotopic (exact) mass is 481 g/mol. The first-order valence-electron chi connectivity index (χ1n) is 12.6. The van der Waals surface area contributed by atoms with Crippen molar-refractivity contribution in [2.24, 2.45) is 0 Å². The Morgan fingerprint density at radius 3 is 2.28 bits per heavy atom. The molecule has 0 spiro atoms. The molecule has 4 aromatic rings. The van der Waals surface area contributed by atoms with E-state index in [-0.39, 0.29) is 12.0 Å². The maximum atomic E-state index is 12.2. The lowest BCUT2D eigenvalue weighted by Crippen LogP contribution is -2.38. The zero-order chi connectivity index (χ0) is 24.7. The summed E-state index contributed by atoms with van der Waals surface area (Å²) in [6.07, 6.45) is 3.41. The number of carbonyl (C=O) groups is 1. The van der Waals surface area contributed by atoms with Crippen LogP contribution in [0.4, 0.5) is 4.79 Å². The van der Waals surface area contributed by atoms with Gasteiger partial charge in [0.1, 0.15) is 12.3 Å². The van der Waals surface area contributed by atoms with Crippen LogP contribution >= 0.6 is 0 Å². The summed E-state index contributed by atoms with van der Waals surface area (Å²) >= 11 is 0. The Hall–Kier alpha value is -4.06. The Morgan fingerprint density at radius 2 is 1.56 bits per heavy atom. The van der Waals surface area contributed by atoms with Crippen LogP contribution in [0.15, 0.2) is 91.1 Å². The number of ether oxygens (including phenoxy) is 1. The third-order valence-electron chi connectivity index (χ3n) is 6.67. The zero-order valence-corrected chi connectivity index (χ0v) is 20.5. The number of aromatic nitrogens is 2. The summed E-state index contributed by atoms with van der Waals surface area (Å²) in [4.78, 5) is 21.9. The Balaban J connectivity index is 1.45. The molecule has 5 rings (SSSR count). The number of hydrogen-bond acceptors (Lipinski definition) is 4. The number of rotatable bonds is 7. The molecular formula is C30H31N3O3. The summed E-state index contributed by atoms with van der Waals surface area (Å²) in [5.74, 6) is 0.278. The van der Waals surface area contributed by atoms with E-state index in [2.05, 4.69) is 53.6 Å². The summed E-state index contributed by atoms with van der Waals surface area (Å²) in [6, 6.07) is 29.0.